The second-order valence-corrected chi connectivity index (χ2v) is 13.7. The van der Waals surface area contributed by atoms with Crippen LogP contribution in [0.1, 0.15) is 163 Å². The van der Waals surface area contributed by atoms with Gasteiger partial charge in [0, 0.05) is 5.02 Å². The maximum atomic E-state index is 6.69. The van der Waals surface area contributed by atoms with E-state index in [2.05, 4.69) is 65.8 Å². The quantitative estimate of drug-likeness (QED) is 0.139. The molecule has 0 atom stereocenters. The summed E-state index contributed by atoms with van der Waals surface area (Å²) in [5.41, 5.74) is 12.2. The number of rotatable bonds is 22. The molecule has 0 N–H and O–H groups in total. The third-order valence-electron chi connectivity index (χ3n) is 8.97. The average molecular weight is 907 g/mol. The van der Waals surface area contributed by atoms with Crippen LogP contribution in [-0.2, 0) is 38.5 Å². The molecule has 0 fully saturated rings. The second-order valence-electron chi connectivity index (χ2n) is 13.3. The minimum absolute atomic E-state index is 0. The van der Waals surface area contributed by atoms with E-state index in [1.165, 1.54) is 110 Å². The molecule has 0 saturated heterocycles. The van der Waals surface area contributed by atoms with Gasteiger partial charge in [-0.3, -0.25) is 9.98 Å². The van der Waals surface area contributed by atoms with Gasteiger partial charge in [-0.2, -0.15) is 0 Å². The molecule has 281 valence electrons. The van der Waals surface area contributed by atoms with Crippen LogP contribution in [0.4, 0.5) is 11.4 Å². The van der Waals surface area contributed by atoms with Crippen LogP contribution >= 0.6 is 11.6 Å². The SMILES string of the molecule is CCCCc1cc(CCCC)c(N=Cc2cc(Cl)cc(C=Nc3c(CCCC)cc(CCCC)cc3CCCC)n2)c(CCCC)c1.[Cl-].[Cl-].[Cl-].[Nd+3]. The number of pyridine rings is 1. The van der Waals surface area contributed by atoms with Crippen LogP contribution in [0, 0.1) is 40.8 Å². The Labute approximate surface area is 368 Å². The topological polar surface area (TPSA) is 37.6 Å². The molecule has 8 heteroatoms. The molecular formula is C43H62Cl4N3Nd. The Morgan fingerprint density at radius 2 is 0.745 bits per heavy atom. The number of hydrogen-bond acceptors (Lipinski definition) is 3. The van der Waals surface area contributed by atoms with Gasteiger partial charge in [0.2, 0.25) is 0 Å². The van der Waals surface area contributed by atoms with Crippen molar-refractivity contribution in [3.05, 3.63) is 86.2 Å². The zero-order chi connectivity index (χ0) is 33.9. The van der Waals surface area contributed by atoms with Gasteiger partial charge in [0.1, 0.15) is 0 Å². The number of benzene rings is 2. The van der Waals surface area contributed by atoms with E-state index in [9.17, 15) is 0 Å². The smallest absolute Gasteiger partial charge is 1.00 e. The minimum atomic E-state index is 0. The van der Waals surface area contributed by atoms with Gasteiger partial charge in [-0.15, -0.1) is 0 Å². The number of aryl methyl sites for hydroxylation is 6. The van der Waals surface area contributed by atoms with Crippen molar-refractivity contribution in [2.24, 2.45) is 9.98 Å². The summed E-state index contributed by atoms with van der Waals surface area (Å²) in [6.45, 7) is 13.6. The van der Waals surface area contributed by atoms with Crippen molar-refractivity contribution >= 4 is 35.4 Å². The Bertz CT molecular complexity index is 1280. The van der Waals surface area contributed by atoms with Crippen molar-refractivity contribution in [2.75, 3.05) is 0 Å². The van der Waals surface area contributed by atoms with E-state index in [0.29, 0.717) is 5.02 Å². The molecule has 0 aliphatic carbocycles. The van der Waals surface area contributed by atoms with E-state index in [1.54, 1.807) is 0 Å². The normalized spacial score (nSPS) is 10.9. The van der Waals surface area contributed by atoms with Crippen molar-refractivity contribution in [2.45, 2.75) is 157 Å². The summed E-state index contributed by atoms with van der Waals surface area (Å²) in [7, 11) is 0. The van der Waals surface area contributed by atoms with Crippen molar-refractivity contribution in [1.29, 1.82) is 0 Å². The van der Waals surface area contributed by atoms with Crippen LogP contribution < -0.4 is 37.2 Å². The van der Waals surface area contributed by atoms with Crippen molar-refractivity contribution in [1.82, 2.24) is 4.98 Å². The first kappa shape index (κ1) is 52.5. The van der Waals surface area contributed by atoms with Gasteiger partial charge in [-0.1, -0.05) is 116 Å². The standard InChI is InChI=1S/C43H62ClN3.3ClH.Nd/c1-7-13-19-33-25-35(21-15-9-3)42(36(26-33)22-16-10-4)45-31-40-29-39(44)30-41(47-40)32-46-43-37(23-17-11-5)27-34(20-14-8-2)28-38(43)24-18-12-6;;;;/h25-32H,7-24H2,1-6H3;3*1H;/q;;;;+3/p-3. The molecule has 3 rings (SSSR count). The summed E-state index contributed by atoms with van der Waals surface area (Å²) in [5, 5.41) is 0.655. The van der Waals surface area contributed by atoms with Crippen molar-refractivity contribution in [3.8, 4) is 0 Å². The van der Waals surface area contributed by atoms with E-state index >= 15 is 0 Å². The number of aliphatic imine (C=N–C) groups is 2. The van der Waals surface area contributed by atoms with E-state index < -0.39 is 0 Å². The maximum Gasteiger partial charge on any atom is 3.00 e. The summed E-state index contributed by atoms with van der Waals surface area (Å²) >= 11 is 6.69. The van der Waals surface area contributed by atoms with E-state index in [0.717, 1.165) is 61.3 Å². The molecule has 3 nitrogen and oxygen atoms in total. The number of unbranched alkanes of at least 4 members (excludes halogenated alkanes) is 6. The zero-order valence-corrected chi connectivity index (χ0v) is 38.4. The number of aromatic nitrogens is 1. The first-order valence-corrected chi connectivity index (χ1v) is 19.4. The molecule has 0 saturated carbocycles. The minimum Gasteiger partial charge on any atom is -1.00 e. The fraction of sp³-hybridized carbons (Fsp3) is 0.558. The van der Waals surface area contributed by atoms with E-state index in [-0.39, 0.29) is 78.1 Å². The Balaban J connectivity index is 0. The summed E-state index contributed by atoms with van der Waals surface area (Å²) in [4.78, 5) is 15.3. The van der Waals surface area contributed by atoms with Crippen LogP contribution in [-0.4, -0.2) is 17.4 Å². The summed E-state index contributed by atoms with van der Waals surface area (Å²) in [5.74, 6) is 0. The van der Waals surface area contributed by atoms with Gasteiger partial charge in [0.05, 0.1) is 35.2 Å². The van der Waals surface area contributed by atoms with Crippen LogP contribution in [0.2, 0.25) is 5.02 Å². The molecular weight excluding hydrogens is 845 g/mol. The third kappa shape index (κ3) is 18.6. The fourth-order valence-corrected chi connectivity index (χ4v) is 6.43. The van der Waals surface area contributed by atoms with Gasteiger partial charge >= 0.3 is 40.8 Å². The maximum absolute atomic E-state index is 6.69. The first-order chi connectivity index (χ1) is 23.0. The molecule has 1 heterocycles. The molecule has 0 aliphatic rings. The molecule has 1 radical (unpaired) electrons. The fourth-order valence-electron chi connectivity index (χ4n) is 6.21. The Morgan fingerprint density at radius 3 is 1.02 bits per heavy atom. The van der Waals surface area contributed by atoms with Gasteiger partial charge in [0.25, 0.3) is 0 Å². The zero-order valence-electron chi connectivity index (χ0n) is 32.2. The van der Waals surface area contributed by atoms with E-state index in [4.69, 9.17) is 26.6 Å². The molecule has 2 aromatic carbocycles. The van der Waals surface area contributed by atoms with Crippen LogP contribution in [0.25, 0.3) is 0 Å². The Morgan fingerprint density at radius 1 is 0.471 bits per heavy atom. The van der Waals surface area contributed by atoms with Gasteiger partial charge in [-0.25, -0.2) is 4.98 Å². The molecule has 0 bridgehead atoms. The molecule has 0 spiro atoms. The predicted octanol–water partition coefficient (Wildman–Crippen LogP) is 4.30. The number of hydrogen-bond donors (Lipinski definition) is 0. The Hall–Kier alpha value is -0.559. The monoisotopic (exact) mass is 902 g/mol. The summed E-state index contributed by atoms with van der Waals surface area (Å²) < 4.78 is 0. The van der Waals surface area contributed by atoms with Crippen LogP contribution in [0.15, 0.2) is 46.4 Å². The van der Waals surface area contributed by atoms with Gasteiger partial charge in [-0.05, 0) is 123 Å². The summed E-state index contributed by atoms with van der Waals surface area (Å²) in [6.07, 6.45) is 24.6. The Kier molecular flexibility index (Phi) is 31.7. The van der Waals surface area contributed by atoms with Crippen LogP contribution in [0.3, 0.4) is 0 Å². The first-order valence-electron chi connectivity index (χ1n) is 19.0. The van der Waals surface area contributed by atoms with E-state index in [1.807, 2.05) is 24.6 Å². The predicted molar refractivity (Wildman–Crippen MR) is 208 cm³/mol. The van der Waals surface area contributed by atoms with Gasteiger partial charge < -0.3 is 37.2 Å². The van der Waals surface area contributed by atoms with Gasteiger partial charge in [0.15, 0.2) is 0 Å². The van der Waals surface area contributed by atoms with Crippen molar-refractivity contribution < 1.29 is 78.1 Å². The number of halogens is 4. The molecule has 0 aliphatic heterocycles. The third-order valence-corrected chi connectivity index (χ3v) is 9.19. The molecule has 0 unspecified atom stereocenters. The number of nitrogens with zero attached hydrogens (tertiary/aromatic N) is 3. The molecule has 51 heavy (non-hydrogen) atoms. The average Bonchev–Trinajstić information content (AvgIpc) is 3.07. The second kappa shape index (κ2) is 30.7. The molecule has 1 aromatic heterocycles. The molecule has 0 amide bonds. The molecule has 3 aromatic rings. The van der Waals surface area contributed by atoms with Crippen LogP contribution in [0.5, 0.6) is 0 Å². The largest absolute Gasteiger partial charge is 3.00 e. The van der Waals surface area contributed by atoms with Crippen molar-refractivity contribution in [3.63, 3.8) is 0 Å². The summed E-state index contributed by atoms with van der Waals surface area (Å²) in [6, 6.07) is 13.5.